The highest BCUT2D eigenvalue weighted by molar-refractivity contribution is 6.34. The molecule has 1 fully saturated rings. The summed E-state index contributed by atoms with van der Waals surface area (Å²) in [6.07, 6.45) is 0.822. The molecule has 0 amide bonds. The molecule has 1 aromatic carbocycles. The minimum atomic E-state index is -0.376. The number of likely N-dealkylation sites (tertiary alicyclic amines) is 1. The van der Waals surface area contributed by atoms with E-state index < -0.39 is 0 Å². The molecule has 0 spiro atoms. The summed E-state index contributed by atoms with van der Waals surface area (Å²) >= 11 is 6.03. The first-order valence-electron chi connectivity index (χ1n) is 6.77. The second kappa shape index (κ2) is 5.07. The molecule has 0 saturated carbocycles. The van der Waals surface area contributed by atoms with Crippen molar-refractivity contribution < 1.29 is 0 Å². The fourth-order valence-corrected chi connectivity index (χ4v) is 3.08. The summed E-state index contributed by atoms with van der Waals surface area (Å²) in [4.78, 5) is 29.7. The number of hydrogen-bond donors (Lipinski definition) is 1. The number of nitrogens with one attached hydrogen (secondary N) is 1. The highest BCUT2D eigenvalue weighted by Crippen LogP contribution is 2.21. The van der Waals surface area contributed by atoms with Crippen molar-refractivity contribution in [1.82, 2.24) is 14.5 Å². The third kappa shape index (κ3) is 2.07. The van der Waals surface area contributed by atoms with Crippen molar-refractivity contribution in [3.63, 3.8) is 0 Å². The second-order valence-electron chi connectivity index (χ2n) is 5.10. The molecular formula is C14H16ClN3O2. The first-order valence-corrected chi connectivity index (χ1v) is 7.15. The fourth-order valence-electron chi connectivity index (χ4n) is 2.86. The van der Waals surface area contributed by atoms with Crippen molar-refractivity contribution in [3.8, 4) is 0 Å². The van der Waals surface area contributed by atoms with Gasteiger partial charge in [0.2, 0.25) is 0 Å². The number of nitrogens with zero attached hydrogens (tertiary/aromatic N) is 2. The van der Waals surface area contributed by atoms with Crippen LogP contribution >= 0.6 is 11.6 Å². The van der Waals surface area contributed by atoms with Crippen LogP contribution in [0.25, 0.3) is 10.9 Å². The van der Waals surface area contributed by atoms with Gasteiger partial charge in [-0.1, -0.05) is 24.6 Å². The van der Waals surface area contributed by atoms with E-state index in [1.165, 1.54) is 4.57 Å². The van der Waals surface area contributed by atoms with Gasteiger partial charge in [0.25, 0.3) is 5.56 Å². The Bertz CT molecular complexity index is 765. The highest BCUT2D eigenvalue weighted by atomic mass is 35.5. The zero-order chi connectivity index (χ0) is 14.3. The highest BCUT2D eigenvalue weighted by Gasteiger charge is 2.25. The summed E-state index contributed by atoms with van der Waals surface area (Å²) in [6, 6.07) is 5.02. The van der Waals surface area contributed by atoms with E-state index in [-0.39, 0.29) is 17.3 Å². The Hall–Kier alpha value is -1.59. The van der Waals surface area contributed by atoms with E-state index in [0.29, 0.717) is 15.9 Å². The molecule has 6 heteroatoms. The Balaban J connectivity index is 2.18. The van der Waals surface area contributed by atoms with Crippen LogP contribution in [0.1, 0.15) is 19.4 Å². The number of likely N-dealkylation sites (N-methyl/N-ethyl adjacent to an activating group) is 1. The van der Waals surface area contributed by atoms with E-state index in [0.717, 1.165) is 26.1 Å². The summed E-state index contributed by atoms with van der Waals surface area (Å²) in [6.45, 7) is 4.67. The zero-order valence-electron chi connectivity index (χ0n) is 11.2. The van der Waals surface area contributed by atoms with Crippen LogP contribution in [0, 0.1) is 0 Å². The summed E-state index contributed by atoms with van der Waals surface area (Å²) < 4.78 is 1.34. The van der Waals surface area contributed by atoms with Crippen molar-refractivity contribution in [2.45, 2.75) is 19.4 Å². The number of fused-ring (bicyclic) bond motifs is 1. The van der Waals surface area contributed by atoms with E-state index in [9.17, 15) is 9.59 Å². The number of halogens is 1. The van der Waals surface area contributed by atoms with Crippen molar-refractivity contribution in [1.29, 1.82) is 0 Å². The smallest absolute Gasteiger partial charge is 0.305 e. The normalized spacial score (nSPS) is 19.8. The average Bonchev–Trinajstić information content (AvgIpc) is 2.89. The average molecular weight is 294 g/mol. The zero-order valence-corrected chi connectivity index (χ0v) is 12.0. The molecular weight excluding hydrogens is 278 g/mol. The van der Waals surface area contributed by atoms with Crippen LogP contribution in [-0.4, -0.2) is 34.1 Å². The maximum Gasteiger partial charge on any atom is 0.329 e. The Morgan fingerprint density at radius 3 is 2.90 bits per heavy atom. The fraction of sp³-hybridized carbons (Fsp3) is 0.429. The quantitative estimate of drug-likeness (QED) is 0.915. The van der Waals surface area contributed by atoms with E-state index in [1.807, 2.05) is 0 Å². The minimum absolute atomic E-state index is 0.0606. The number of aromatic amines is 1. The molecule has 0 aliphatic carbocycles. The number of para-hydroxylation sites is 1. The van der Waals surface area contributed by atoms with Gasteiger partial charge in [0, 0.05) is 13.1 Å². The van der Waals surface area contributed by atoms with Gasteiger partial charge in [-0.2, -0.15) is 0 Å². The molecule has 1 unspecified atom stereocenters. The molecule has 2 heterocycles. The van der Waals surface area contributed by atoms with Gasteiger partial charge in [-0.05, 0) is 25.1 Å². The second-order valence-corrected chi connectivity index (χ2v) is 5.51. The predicted octanol–water partition coefficient (Wildman–Crippen LogP) is 1.61. The van der Waals surface area contributed by atoms with E-state index in [2.05, 4.69) is 16.8 Å². The predicted molar refractivity (Wildman–Crippen MR) is 79.6 cm³/mol. The molecule has 3 rings (SSSR count). The summed E-state index contributed by atoms with van der Waals surface area (Å²) in [5.74, 6) is 0. The lowest BCUT2D eigenvalue weighted by Crippen LogP contribution is -2.39. The first-order chi connectivity index (χ1) is 9.61. The maximum atomic E-state index is 12.5. The molecule has 1 aliphatic rings. The van der Waals surface area contributed by atoms with Crippen LogP contribution in [0.4, 0.5) is 0 Å². The van der Waals surface area contributed by atoms with Gasteiger partial charge in [0.05, 0.1) is 22.0 Å². The molecule has 0 radical (unpaired) electrons. The molecule has 1 aliphatic heterocycles. The van der Waals surface area contributed by atoms with Gasteiger partial charge in [-0.25, -0.2) is 4.79 Å². The van der Waals surface area contributed by atoms with Gasteiger partial charge in [0.15, 0.2) is 0 Å². The minimum Gasteiger partial charge on any atom is -0.305 e. The summed E-state index contributed by atoms with van der Waals surface area (Å²) in [7, 11) is 0. The van der Waals surface area contributed by atoms with Crippen LogP contribution in [0.5, 0.6) is 0 Å². The Kier molecular flexibility index (Phi) is 3.40. The number of H-pyrrole nitrogens is 1. The van der Waals surface area contributed by atoms with Crippen LogP contribution in [0.15, 0.2) is 27.8 Å². The third-order valence-corrected chi connectivity index (χ3v) is 4.29. The number of rotatable bonds is 2. The SMILES string of the molecule is CCN1CCC(n2c(=O)[nH]c3c(Cl)cccc3c2=O)C1. The summed E-state index contributed by atoms with van der Waals surface area (Å²) in [5, 5.41) is 0.859. The van der Waals surface area contributed by atoms with Crippen molar-refractivity contribution in [2.24, 2.45) is 0 Å². The number of benzene rings is 1. The molecule has 0 bridgehead atoms. The Morgan fingerprint density at radius 1 is 1.40 bits per heavy atom. The molecule has 1 N–H and O–H groups in total. The molecule has 2 aromatic rings. The van der Waals surface area contributed by atoms with Gasteiger partial charge >= 0.3 is 5.69 Å². The molecule has 1 saturated heterocycles. The lowest BCUT2D eigenvalue weighted by molar-refractivity contribution is 0.338. The Morgan fingerprint density at radius 2 is 2.20 bits per heavy atom. The molecule has 106 valence electrons. The summed E-state index contributed by atoms with van der Waals surface area (Å²) in [5.41, 5.74) is -0.210. The van der Waals surface area contributed by atoms with Gasteiger partial charge in [0.1, 0.15) is 0 Å². The first kappa shape index (κ1) is 13.4. The van der Waals surface area contributed by atoms with Crippen molar-refractivity contribution >= 4 is 22.5 Å². The lowest BCUT2D eigenvalue weighted by Gasteiger charge is -2.15. The number of hydrogen-bond acceptors (Lipinski definition) is 3. The maximum absolute atomic E-state index is 12.5. The van der Waals surface area contributed by atoms with Gasteiger partial charge in [-0.3, -0.25) is 9.36 Å². The topological polar surface area (TPSA) is 58.1 Å². The van der Waals surface area contributed by atoms with Gasteiger partial charge < -0.3 is 9.88 Å². The van der Waals surface area contributed by atoms with E-state index in [1.54, 1.807) is 18.2 Å². The van der Waals surface area contributed by atoms with Crippen LogP contribution in [-0.2, 0) is 0 Å². The van der Waals surface area contributed by atoms with Crippen LogP contribution < -0.4 is 11.2 Å². The van der Waals surface area contributed by atoms with Crippen molar-refractivity contribution in [2.75, 3.05) is 19.6 Å². The van der Waals surface area contributed by atoms with Crippen molar-refractivity contribution in [3.05, 3.63) is 44.1 Å². The van der Waals surface area contributed by atoms with Gasteiger partial charge in [-0.15, -0.1) is 0 Å². The standard InChI is InChI=1S/C14H16ClN3O2/c1-2-17-7-6-9(8-17)18-13(19)10-4-3-5-11(15)12(10)16-14(18)20/h3-5,9H,2,6-8H2,1H3,(H,16,20). The lowest BCUT2D eigenvalue weighted by atomic mass is 10.2. The molecule has 5 nitrogen and oxygen atoms in total. The third-order valence-electron chi connectivity index (χ3n) is 3.97. The monoisotopic (exact) mass is 293 g/mol. The van der Waals surface area contributed by atoms with Crippen LogP contribution in [0.3, 0.4) is 0 Å². The Labute approximate surface area is 120 Å². The number of aromatic nitrogens is 2. The van der Waals surface area contributed by atoms with Crippen LogP contribution in [0.2, 0.25) is 5.02 Å². The van der Waals surface area contributed by atoms with E-state index >= 15 is 0 Å². The molecule has 1 atom stereocenters. The molecule has 1 aromatic heterocycles. The van der Waals surface area contributed by atoms with E-state index in [4.69, 9.17) is 11.6 Å². The largest absolute Gasteiger partial charge is 0.329 e. The molecule has 20 heavy (non-hydrogen) atoms.